The van der Waals surface area contributed by atoms with Gasteiger partial charge in [0.25, 0.3) is 5.91 Å². The number of benzene rings is 1. The second kappa shape index (κ2) is 5.46. The zero-order valence-electron chi connectivity index (χ0n) is 8.91. The molecule has 1 aliphatic rings. The van der Waals surface area contributed by atoms with Gasteiger partial charge in [-0.1, -0.05) is 12.1 Å². The van der Waals surface area contributed by atoms with E-state index in [0.717, 1.165) is 23.9 Å². The predicted octanol–water partition coefficient (Wildman–Crippen LogP) is 2.36. The van der Waals surface area contributed by atoms with Gasteiger partial charge < -0.3 is 10.1 Å². The molecular formula is C12H14BrNO2. The smallest absolute Gasteiger partial charge is 0.252 e. The molecular weight excluding hydrogens is 270 g/mol. The summed E-state index contributed by atoms with van der Waals surface area (Å²) in [4.78, 5) is 11.9. The molecule has 1 N–H and O–H groups in total. The highest BCUT2D eigenvalue weighted by Crippen LogP contribution is 2.16. The molecule has 1 amide bonds. The molecule has 1 fully saturated rings. The Labute approximate surface area is 103 Å². The maximum absolute atomic E-state index is 11.9. The Hall–Kier alpha value is -0.870. The van der Waals surface area contributed by atoms with Crippen LogP contribution in [0.3, 0.4) is 0 Å². The van der Waals surface area contributed by atoms with Crippen LogP contribution in [0.1, 0.15) is 23.2 Å². The third-order valence-electron chi connectivity index (χ3n) is 2.61. The molecule has 4 heteroatoms. The van der Waals surface area contributed by atoms with Crippen LogP contribution in [0.2, 0.25) is 0 Å². The van der Waals surface area contributed by atoms with Gasteiger partial charge in [0.15, 0.2) is 0 Å². The Balaban J connectivity index is 2.00. The van der Waals surface area contributed by atoms with Gasteiger partial charge >= 0.3 is 0 Å². The number of halogens is 1. The van der Waals surface area contributed by atoms with E-state index in [1.54, 1.807) is 0 Å². The van der Waals surface area contributed by atoms with Gasteiger partial charge in [0, 0.05) is 11.1 Å². The molecule has 0 aromatic heterocycles. The molecule has 1 saturated heterocycles. The number of carbonyl (C=O) groups is 1. The van der Waals surface area contributed by atoms with Crippen LogP contribution in [-0.4, -0.2) is 25.2 Å². The summed E-state index contributed by atoms with van der Waals surface area (Å²) in [6.07, 6.45) is 2.01. The summed E-state index contributed by atoms with van der Waals surface area (Å²) in [7, 11) is 0. The van der Waals surface area contributed by atoms with E-state index in [1.807, 2.05) is 24.3 Å². The van der Waals surface area contributed by atoms with Crippen molar-refractivity contribution in [3.05, 3.63) is 34.3 Å². The molecule has 0 saturated carbocycles. The van der Waals surface area contributed by atoms with Gasteiger partial charge in [-0.2, -0.15) is 0 Å². The summed E-state index contributed by atoms with van der Waals surface area (Å²) in [5, 5.41) is 2.98. The molecule has 1 unspecified atom stereocenters. The predicted molar refractivity (Wildman–Crippen MR) is 65.4 cm³/mol. The zero-order chi connectivity index (χ0) is 11.4. The Morgan fingerprint density at radius 2 is 2.25 bits per heavy atom. The lowest BCUT2D eigenvalue weighted by molar-refractivity contribution is 0.0624. The quantitative estimate of drug-likeness (QED) is 0.905. The van der Waals surface area contributed by atoms with Crippen molar-refractivity contribution >= 4 is 21.8 Å². The van der Waals surface area contributed by atoms with Gasteiger partial charge in [-0.25, -0.2) is 0 Å². The van der Waals surface area contributed by atoms with Crippen LogP contribution < -0.4 is 5.32 Å². The van der Waals surface area contributed by atoms with Crippen LogP contribution in [0.5, 0.6) is 0 Å². The van der Waals surface area contributed by atoms with E-state index >= 15 is 0 Å². The molecule has 1 atom stereocenters. The summed E-state index contributed by atoms with van der Waals surface area (Å²) >= 11 is 3.37. The van der Waals surface area contributed by atoms with Crippen LogP contribution in [0, 0.1) is 0 Å². The molecule has 86 valence electrons. The van der Waals surface area contributed by atoms with Gasteiger partial charge in [0.1, 0.15) is 0 Å². The third-order valence-corrected chi connectivity index (χ3v) is 3.31. The first kappa shape index (κ1) is 11.6. The first-order valence-electron chi connectivity index (χ1n) is 5.40. The topological polar surface area (TPSA) is 38.3 Å². The standard InChI is InChI=1S/C12H14BrNO2/c13-11-6-2-1-5-10(11)12(15)14-9-4-3-7-16-8-9/h1-2,5-6,9H,3-4,7-8H2,(H,14,15). The van der Waals surface area contributed by atoms with Crippen LogP contribution in [-0.2, 0) is 4.74 Å². The number of hydrogen-bond acceptors (Lipinski definition) is 2. The van der Waals surface area contributed by atoms with Gasteiger partial charge in [0.2, 0.25) is 0 Å². The normalized spacial score (nSPS) is 20.4. The Bertz CT molecular complexity index is 375. The molecule has 3 nitrogen and oxygen atoms in total. The molecule has 16 heavy (non-hydrogen) atoms. The number of nitrogens with one attached hydrogen (secondary N) is 1. The Kier molecular flexibility index (Phi) is 3.96. The van der Waals surface area contributed by atoms with Crippen molar-refractivity contribution in [1.29, 1.82) is 0 Å². The minimum atomic E-state index is -0.0389. The summed E-state index contributed by atoms with van der Waals surface area (Å²) in [5.41, 5.74) is 0.674. The SMILES string of the molecule is O=C(NC1CCCOC1)c1ccccc1Br. The molecule has 0 bridgehead atoms. The van der Waals surface area contributed by atoms with E-state index in [1.165, 1.54) is 0 Å². The molecule has 0 radical (unpaired) electrons. The molecule has 1 aromatic rings. The lowest BCUT2D eigenvalue weighted by Crippen LogP contribution is -2.40. The third kappa shape index (κ3) is 2.83. The summed E-state index contributed by atoms with van der Waals surface area (Å²) in [6, 6.07) is 7.57. The number of ether oxygens (including phenoxy) is 1. The van der Waals surface area contributed by atoms with Crippen LogP contribution in [0.15, 0.2) is 28.7 Å². The monoisotopic (exact) mass is 283 g/mol. The molecule has 1 aliphatic heterocycles. The van der Waals surface area contributed by atoms with Crippen molar-refractivity contribution in [3.63, 3.8) is 0 Å². The molecule has 1 aromatic carbocycles. The zero-order valence-corrected chi connectivity index (χ0v) is 10.5. The van der Waals surface area contributed by atoms with Gasteiger partial charge in [0.05, 0.1) is 18.2 Å². The average Bonchev–Trinajstić information content (AvgIpc) is 2.31. The highest BCUT2D eigenvalue weighted by Gasteiger charge is 2.17. The Morgan fingerprint density at radius 3 is 2.94 bits per heavy atom. The number of rotatable bonds is 2. The first-order chi connectivity index (χ1) is 7.77. The van der Waals surface area contributed by atoms with Crippen molar-refractivity contribution < 1.29 is 9.53 Å². The van der Waals surface area contributed by atoms with Crippen molar-refractivity contribution in [2.45, 2.75) is 18.9 Å². The molecule has 1 heterocycles. The lowest BCUT2D eigenvalue weighted by atomic mass is 10.1. The number of carbonyl (C=O) groups excluding carboxylic acids is 1. The first-order valence-corrected chi connectivity index (χ1v) is 6.20. The summed E-state index contributed by atoms with van der Waals surface area (Å²) < 4.78 is 6.15. The van der Waals surface area contributed by atoms with Crippen molar-refractivity contribution in [2.24, 2.45) is 0 Å². The van der Waals surface area contributed by atoms with Gasteiger partial charge in [-0.05, 0) is 40.9 Å². The van der Waals surface area contributed by atoms with Crippen molar-refractivity contribution in [2.75, 3.05) is 13.2 Å². The average molecular weight is 284 g/mol. The van der Waals surface area contributed by atoms with E-state index in [-0.39, 0.29) is 11.9 Å². The van der Waals surface area contributed by atoms with E-state index < -0.39 is 0 Å². The second-order valence-corrected chi connectivity index (χ2v) is 4.72. The highest BCUT2D eigenvalue weighted by molar-refractivity contribution is 9.10. The van der Waals surface area contributed by atoms with Crippen molar-refractivity contribution in [3.8, 4) is 0 Å². The molecule has 0 aliphatic carbocycles. The minimum absolute atomic E-state index is 0.0389. The van der Waals surface area contributed by atoms with Crippen LogP contribution >= 0.6 is 15.9 Å². The van der Waals surface area contributed by atoms with Gasteiger partial charge in [-0.15, -0.1) is 0 Å². The highest BCUT2D eigenvalue weighted by atomic mass is 79.9. The summed E-state index contributed by atoms with van der Waals surface area (Å²) in [6.45, 7) is 1.43. The van der Waals surface area contributed by atoms with E-state index in [2.05, 4.69) is 21.2 Å². The largest absolute Gasteiger partial charge is 0.379 e. The van der Waals surface area contributed by atoms with Gasteiger partial charge in [-0.3, -0.25) is 4.79 Å². The van der Waals surface area contributed by atoms with E-state index in [0.29, 0.717) is 12.2 Å². The fraction of sp³-hybridized carbons (Fsp3) is 0.417. The van der Waals surface area contributed by atoms with E-state index in [4.69, 9.17) is 4.74 Å². The van der Waals surface area contributed by atoms with Crippen LogP contribution in [0.4, 0.5) is 0 Å². The maximum atomic E-state index is 11.9. The maximum Gasteiger partial charge on any atom is 0.252 e. The van der Waals surface area contributed by atoms with Crippen LogP contribution in [0.25, 0.3) is 0 Å². The number of amides is 1. The second-order valence-electron chi connectivity index (χ2n) is 3.87. The summed E-state index contributed by atoms with van der Waals surface area (Å²) in [5.74, 6) is -0.0389. The lowest BCUT2D eigenvalue weighted by Gasteiger charge is -2.23. The van der Waals surface area contributed by atoms with E-state index in [9.17, 15) is 4.79 Å². The Morgan fingerprint density at radius 1 is 1.44 bits per heavy atom. The number of hydrogen-bond donors (Lipinski definition) is 1. The molecule has 2 rings (SSSR count). The fourth-order valence-electron chi connectivity index (χ4n) is 1.76. The fourth-order valence-corrected chi connectivity index (χ4v) is 2.23. The molecule has 0 spiro atoms. The van der Waals surface area contributed by atoms with Crippen molar-refractivity contribution in [1.82, 2.24) is 5.32 Å². The minimum Gasteiger partial charge on any atom is -0.379 e.